The summed E-state index contributed by atoms with van der Waals surface area (Å²) in [7, 11) is 0. The van der Waals surface area contributed by atoms with Crippen molar-refractivity contribution in [1.29, 1.82) is 0 Å². The molecule has 1 aromatic heterocycles. The normalized spacial score (nSPS) is 14.9. The molecule has 1 saturated heterocycles. The van der Waals surface area contributed by atoms with Gasteiger partial charge >= 0.3 is 5.97 Å². The third-order valence-corrected chi connectivity index (χ3v) is 5.41. The number of nitrogens with zero attached hydrogens (tertiary/aromatic N) is 1. The largest absolute Gasteiger partial charge is 0.508 e. The molecule has 2 heterocycles. The van der Waals surface area contributed by atoms with Crippen molar-refractivity contribution in [3.63, 3.8) is 0 Å². The Morgan fingerprint density at radius 2 is 1.83 bits per heavy atom. The van der Waals surface area contributed by atoms with Gasteiger partial charge in [-0.1, -0.05) is 12.1 Å². The fourth-order valence-corrected chi connectivity index (χ4v) is 3.99. The fourth-order valence-electron chi connectivity index (χ4n) is 3.99. The number of aromatic hydroxyl groups is 1. The summed E-state index contributed by atoms with van der Waals surface area (Å²) in [5.74, 6) is -0.935. The third kappa shape index (κ3) is 4.07. The first kappa shape index (κ1) is 19.3. The monoisotopic (exact) mass is 395 g/mol. The summed E-state index contributed by atoms with van der Waals surface area (Å²) in [6, 6.07) is 11.4. The molecule has 0 bridgehead atoms. The molecule has 1 fully saturated rings. The molecule has 6 heteroatoms. The minimum atomic E-state index is -0.893. The van der Waals surface area contributed by atoms with Gasteiger partial charge in [0.2, 0.25) is 0 Å². The molecular formula is C23H22FNO4. The Bertz CT molecular complexity index is 1040. The third-order valence-electron chi connectivity index (χ3n) is 5.41. The number of carboxylic acids is 1. The van der Waals surface area contributed by atoms with Gasteiger partial charge in [0.15, 0.2) is 0 Å². The zero-order valence-corrected chi connectivity index (χ0v) is 15.9. The van der Waals surface area contributed by atoms with E-state index < -0.39 is 5.97 Å². The molecule has 150 valence electrons. The molecule has 3 aromatic rings. The molecule has 2 aromatic carbocycles. The van der Waals surface area contributed by atoms with Crippen molar-refractivity contribution in [1.82, 2.24) is 4.98 Å². The maximum atomic E-state index is 13.5. The highest BCUT2D eigenvalue weighted by atomic mass is 19.1. The van der Waals surface area contributed by atoms with E-state index in [4.69, 9.17) is 14.8 Å². The van der Waals surface area contributed by atoms with Gasteiger partial charge in [0.25, 0.3) is 0 Å². The van der Waals surface area contributed by atoms with Crippen molar-refractivity contribution in [2.75, 3.05) is 13.2 Å². The van der Waals surface area contributed by atoms with Gasteiger partial charge in [-0.05, 0) is 54.1 Å². The molecule has 0 aliphatic carbocycles. The van der Waals surface area contributed by atoms with Gasteiger partial charge in [0.05, 0.1) is 12.1 Å². The number of hydrogen-bond donors (Lipinski definition) is 2. The standard InChI is InChI=1S/C23H22FNO4/c24-16-3-1-14(2-4-16)22-18-6-5-17(26)13-19(18)20(7-8-21(27)28)25-23(22)15-9-11-29-12-10-15/h1-6,13,15,26H,7-12H2,(H,27,28). The molecule has 0 atom stereocenters. The van der Waals surface area contributed by atoms with E-state index in [1.54, 1.807) is 24.3 Å². The minimum Gasteiger partial charge on any atom is -0.508 e. The number of ether oxygens (including phenoxy) is 1. The van der Waals surface area contributed by atoms with Crippen LogP contribution >= 0.6 is 0 Å². The van der Waals surface area contributed by atoms with Crippen LogP contribution in [0.2, 0.25) is 0 Å². The van der Waals surface area contributed by atoms with E-state index in [1.165, 1.54) is 12.1 Å². The molecule has 2 N–H and O–H groups in total. The number of halogens is 1. The molecule has 0 spiro atoms. The molecular weight excluding hydrogens is 373 g/mol. The Morgan fingerprint density at radius 1 is 1.10 bits per heavy atom. The van der Waals surface area contributed by atoms with Crippen molar-refractivity contribution in [3.8, 4) is 16.9 Å². The number of aliphatic carboxylic acids is 1. The van der Waals surface area contributed by atoms with Gasteiger partial charge in [0.1, 0.15) is 11.6 Å². The second-order valence-corrected chi connectivity index (χ2v) is 7.34. The maximum Gasteiger partial charge on any atom is 0.303 e. The Morgan fingerprint density at radius 3 is 2.52 bits per heavy atom. The lowest BCUT2D eigenvalue weighted by Crippen LogP contribution is -2.17. The number of rotatable bonds is 5. The van der Waals surface area contributed by atoms with Crippen LogP contribution in [0.5, 0.6) is 5.75 Å². The van der Waals surface area contributed by atoms with Crippen LogP contribution in [0.25, 0.3) is 21.9 Å². The highest BCUT2D eigenvalue weighted by Gasteiger charge is 2.25. The summed E-state index contributed by atoms with van der Waals surface area (Å²) in [6.07, 6.45) is 1.88. The van der Waals surface area contributed by atoms with Crippen LogP contribution in [0.3, 0.4) is 0 Å². The zero-order chi connectivity index (χ0) is 20.4. The summed E-state index contributed by atoms with van der Waals surface area (Å²) in [5.41, 5.74) is 3.30. The average molecular weight is 395 g/mol. The van der Waals surface area contributed by atoms with Crippen molar-refractivity contribution < 1.29 is 24.1 Å². The first-order chi connectivity index (χ1) is 14.0. The van der Waals surface area contributed by atoms with Crippen LogP contribution in [0.1, 0.15) is 36.6 Å². The highest BCUT2D eigenvalue weighted by molar-refractivity contribution is 5.99. The molecule has 0 saturated carbocycles. The maximum absolute atomic E-state index is 13.5. The number of aromatic nitrogens is 1. The van der Waals surface area contributed by atoms with E-state index in [0.717, 1.165) is 40.4 Å². The van der Waals surface area contributed by atoms with Gasteiger partial charge < -0.3 is 14.9 Å². The molecule has 0 unspecified atom stereocenters. The second kappa shape index (κ2) is 8.17. The van der Waals surface area contributed by atoms with E-state index in [1.807, 2.05) is 6.07 Å². The number of fused-ring (bicyclic) bond motifs is 1. The second-order valence-electron chi connectivity index (χ2n) is 7.34. The number of hydrogen-bond acceptors (Lipinski definition) is 4. The van der Waals surface area contributed by atoms with Gasteiger partial charge in [-0.25, -0.2) is 4.39 Å². The minimum absolute atomic E-state index is 0.0408. The number of aryl methyl sites for hydroxylation is 1. The Kier molecular flexibility index (Phi) is 5.45. The number of phenolic OH excluding ortho intramolecular Hbond substituents is 1. The number of benzene rings is 2. The van der Waals surface area contributed by atoms with Crippen LogP contribution in [0.4, 0.5) is 4.39 Å². The van der Waals surface area contributed by atoms with Crippen LogP contribution in [0, 0.1) is 5.82 Å². The predicted octanol–water partition coefficient (Wildman–Crippen LogP) is 4.66. The molecule has 1 aliphatic heterocycles. The van der Waals surface area contributed by atoms with E-state index >= 15 is 0 Å². The van der Waals surface area contributed by atoms with Gasteiger partial charge in [-0.3, -0.25) is 9.78 Å². The molecule has 29 heavy (non-hydrogen) atoms. The lowest BCUT2D eigenvalue weighted by molar-refractivity contribution is -0.136. The number of pyridine rings is 1. The smallest absolute Gasteiger partial charge is 0.303 e. The topological polar surface area (TPSA) is 79.7 Å². The van der Waals surface area contributed by atoms with E-state index in [2.05, 4.69) is 0 Å². The predicted molar refractivity (Wildman–Crippen MR) is 108 cm³/mol. The van der Waals surface area contributed by atoms with Crippen molar-refractivity contribution in [3.05, 3.63) is 59.7 Å². The SMILES string of the molecule is O=C(O)CCc1nc(C2CCOCC2)c(-c2ccc(F)cc2)c2ccc(O)cc12. The average Bonchev–Trinajstić information content (AvgIpc) is 2.73. The quantitative estimate of drug-likeness (QED) is 0.657. The van der Waals surface area contributed by atoms with Crippen molar-refractivity contribution >= 4 is 16.7 Å². The molecule has 5 nitrogen and oxygen atoms in total. The summed E-state index contributed by atoms with van der Waals surface area (Å²) in [5, 5.41) is 20.8. The van der Waals surface area contributed by atoms with E-state index in [0.29, 0.717) is 18.9 Å². The molecule has 1 aliphatic rings. The first-order valence-corrected chi connectivity index (χ1v) is 9.74. The number of carbonyl (C=O) groups is 1. The molecule has 0 amide bonds. The summed E-state index contributed by atoms with van der Waals surface area (Å²) < 4.78 is 19.1. The van der Waals surface area contributed by atoms with Gasteiger partial charge in [-0.2, -0.15) is 0 Å². The van der Waals surface area contributed by atoms with Crippen LogP contribution < -0.4 is 0 Å². The Hall–Kier alpha value is -2.99. The zero-order valence-electron chi connectivity index (χ0n) is 15.9. The Balaban J connectivity index is 1.97. The molecule has 4 rings (SSSR count). The lowest BCUT2D eigenvalue weighted by Gasteiger charge is -2.26. The van der Waals surface area contributed by atoms with Crippen LogP contribution in [-0.4, -0.2) is 34.4 Å². The molecule has 0 radical (unpaired) electrons. The lowest BCUT2D eigenvalue weighted by atomic mass is 9.86. The van der Waals surface area contributed by atoms with Crippen molar-refractivity contribution in [2.45, 2.75) is 31.6 Å². The van der Waals surface area contributed by atoms with E-state index in [-0.39, 0.29) is 30.3 Å². The highest BCUT2D eigenvalue weighted by Crippen LogP contribution is 2.40. The first-order valence-electron chi connectivity index (χ1n) is 9.74. The van der Waals surface area contributed by atoms with Crippen LogP contribution in [-0.2, 0) is 16.0 Å². The fraction of sp³-hybridized carbons (Fsp3) is 0.304. The summed E-state index contributed by atoms with van der Waals surface area (Å²) in [6.45, 7) is 1.29. The van der Waals surface area contributed by atoms with Crippen molar-refractivity contribution in [2.24, 2.45) is 0 Å². The summed E-state index contributed by atoms with van der Waals surface area (Å²) in [4.78, 5) is 16.1. The Labute approximate surface area is 167 Å². The number of carboxylic acid groups (broad SMARTS) is 1. The number of phenols is 1. The van der Waals surface area contributed by atoms with Gasteiger partial charge in [-0.15, -0.1) is 0 Å². The summed E-state index contributed by atoms with van der Waals surface area (Å²) >= 11 is 0. The van der Waals surface area contributed by atoms with E-state index in [9.17, 15) is 14.3 Å². The van der Waals surface area contributed by atoms with Gasteiger partial charge in [0, 0.05) is 42.2 Å². The van der Waals surface area contributed by atoms with Crippen LogP contribution in [0.15, 0.2) is 42.5 Å².